The van der Waals surface area contributed by atoms with Crippen LogP contribution < -0.4 is 0 Å². The fourth-order valence-electron chi connectivity index (χ4n) is 1.83. The minimum absolute atomic E-state index is 0.209. The van der Waals surface area contributed by atoms with Crippen molar-refractivity contribution in [1.29, 1.82) is 0 Å². The van der Waals surface area contributed by atoms with Crippen LogP contribution in [0.15, 0.2) is 42.0 Å². The Bertz CT molecular complexity index is 309. The molecule has 1 rings (SSSR count). The molecule has 82 valence electrons. The second-order valence-electron chi connectivity index (χ2n) is 4.16. The normalized spacial score (nSPS) is 14.4. The molecule has 0 amide bonds. The molecule has 0 bridgehead atoms. The number of aliphatic hydroxyl groups is 1. The van der Waals surface area contributed by atoms with Crippen molar-refractivity contribution in [2.24, 2.45) is 0 Å². The Morgan fingerprint density at radius 1 is 1.27 bits per heavy atom. The molecule has 0 aliphatic rings. The highest BCUT2D eigenvalue weighted by Gasteiger charge is 2.16. The zero-order chi connectivity index (χ0) is 11.3. The van der Waals surface area contributed by atoms with Crippen LogP contribution in [-0.2, 0) is 0 Å². The van der Waals surface area contributed by atoms with E-state index in [2.05, 4.69) is 19.1 Å². The Labute approximate surface area is 92.5 Å². The van der Waals surface area contributed by atoms with Crippen LogP contribution in [0.4, 0.5) is 0 Å². The fourth-order valence-corrected chi connectivity index (χ4v) is 1.83. The Kier molecular flexibility index (Phi) is 4.57. The molecule has 1 heteroatoms. The molecule has 0 saturated carbocycles. The van der Waals surface area contributed by atoms with E-state index in [1.54, 1.807) is 0 Å². The van der Waals surface area contributed by atoms with Crippen molar-refractivity contribution < 1.29 is 5.11 Å². The summed E-state index contributed by atoms with van der Waals surface area (Å²) in [7, 11) is 0. The van der Waals surface area contributed by atoms with Crippen molar-refractivity contribution in [3.05, 3.63) is 47.5 Å². The molecule has 1 aromatic rings. The molecule has 0 aliphatic heterocycles. The lowest BCUT2D eigenvalue weighted by molar-refractivity contribution is 0.186. The SMILES string of the molecule is CCC(c1ccccc1)C(O)C=C(C)C. The molecular weight excluding hydrogens is 184 g/mol. The monoisotopic (exact) mass is 204 g/mol. The summed E-state index contributed by atoms with van der Waals surface area (Å²) in [6.45, 7) is 6.14. The van der Waals surface area contributed by atoms with Crippen LogP contribution in [0.3, 0.4) is 0 Å². The average Bonchev–Trinajstić information content (AvgIpc) is 2.19. The van der Waals surface area contributed by atoms with Crippen molar-refractivity contribution in [2.45, 2.75) is 39.2 Å². The standard InChI is InChI=1S/C14H20O/c1-4-13(14(15)10-11(2)3)12-8-6-5-7-9-12/h5-10,13-15H,4H2,1-3H3. The largest absolute Gasteiger partial charge is 0.388 e. The van der Waals surface area contributed by atoms with E-state index in [1.165, 1.54) is 5.56 Å². The van der Waals surface area contributed by atoms with Crippen LogP contribution in [0.2, 0.25) is 0 Å². The molecule has 2 unspecified atom stereocenters. The zero-order valence-corrected chi connectivity index (χ0v) is 9.77. The molecule has 0 fully saturated rings. The van der Waals surface area contributed by atoms with E-state index in [9.17, 15) is 5.11 Å². The molecule has 1 N–H and O–H groups in total. The van der Waals surface area contributed by atoms with Crippen molar-refractivity contribution in [1.82, 2.24) is 0 Å². The summed E-state index contributed by atoms with van der Waals surface area (Å²) < 4.78 is 0. The van der Waals surface area contributed by atoms with Crippen molar-refractivity contribution in [3.63, 3.8) is 0 Å². The molecule has 0 saturated heterocycles. The minimum atomic E-state index is -0.373. The number of hydrogen-bond donors (Lipinski definition) is 1. The van der Waals surface area contributed by atoms with E-state index < -0.39 is 0 Å². The smallest absolute Gasteiger partial charge is 0.0791 e. The van der Waals surface area contributed by atoms with Gasteiger partial charge in [0.25, 0.3) is 0 Å². The lowest BCUT2D eigenvalue weighted by Gasteiger charge is -2.19. The van der Waals surface area contributed by atoms with E-state index >= 15 is 0 Å². The van der Waals surface area contributed by atoms with Gasteiger partial charge in [-0.25, -0.2) is 0 Å². The summed E-state index contributed by atoms with van der Waals surface area (Å²) in [5.74, 6) is 0.209. The summed E-state index contributed by atoms with van der Waals surface area (Å²) in [6.07, 6.45) is 2.51. The maximum Gasteiger partial charge on any atom is 0.0791 e. The van der Waals surface area contributed by atoms with Gasteiger partial charge in [0, 0.05) is 5.92 Å². The highest BCUT2D eigenvalue weighted by atomic mass is 16.3. The van der Waals surface area contributed by atoms with E-state index in [1.807, 2.05) is 38.1 Å². The zero-order valence-electron chi connectivity index (χ0n) is 9.77. The predicted molar refractivity (Wildman–Crippen MR) is 64.9 cm³/mol. The first kappa shape index (κ1) is 12.0. The Balaban J connectivity index is 2.85. The van der Waals surface area contributed by atoms with Crippen molar-refractivity contribution in [3.8, 4) is 0 Å². The van der Waals surface area contributed by atoms with Gasteiger partial charge in [0.2, 0.25) is 0 Å². The summed E-state index contributed by atoms with van der Waals surface area (Å²) in [5, 5.41) is 10.1. The lowest BCUT2D eigenvalue weighted by atomic mass is 9.90. The third-order valence-electron chi connectivity index (χ3n) is 2.58. The van der Waals surface area contributed by atoms with Crippen LogP contribution in [0, 0.1) is 0 Å². The lowest BCUT2D eigenvalue weighted by Crippen LogP contribution is -2.15. The van der Waals surface area contributed by atoms with Crippen molar-refractivity contribution in [2.75, 3.05) is 0 Å². The molecule has 0 heterocycles. The first-order valence-corrected chi connectivity index (χ1v) is 5.53. The second kappa shape index (κ2) is 5.72. The maximum atomic E-state index is 10.1. The molecule has 0 aromatic heterocycles. The van der Waals surface area contributed by atoms with Crippen LogP contribution in [0.1, 0.15) is 38.7 Å². The maximum absolute atomic E-state index is 10.1. The number of allylic oxidation sites excluding steroid dienone is 1. The number of benzene rings is 1. The Morgan fingerprint density at radius 2 is 1.87 bits per heavy atom. The van der Waals surface area contributed by atoms with Crippen LogP contribution >= 0.6 is 0 Å². The molecule has 0 radical (unpaired) electrons. The van der Waals surface area contributed by atoms with Gasteiger partial charge >= 0.3 is 0 Å². The van der Waals surface area contributed by atoms with Gasteiger partial charge in [0.15, 0.2) is 0 Å². The topological polar surface area (TPSA) is 20.2 Å². The van der Waals surface area contributed by atoms with Crippen LogP contribution in [-0.4, -0.2) is 11.2 Å². The first-order valence-electron chi connectivity index (χ1n) is 5.53. The highest BCUT2D eigenvalue weighted by molar-refractivity contribution is 5.22. The van der Waals surface area contributed by atoms with Gasteiger partial charge < -0.3 is 5.11 Å². The molecule has 0 spiro atoms. The molecule has 2 atom stereocenters. The third-order valence-corrected chi connectivity index (χ3v) is 2.58. The fraction of sp³-hybridized carbons (Fsp3) is 0.429. The van der Waals surface area contributed by atoms with Gasteiger partial charge in [-0.05, 0) is 25.8 Å². The van der Waals surface area contributed by atoms with Gasteiger partial charge in [-0.3, -0.25) is 0 Å². The molecule has 0 aliphatic carbocycles. The van der Waals surface area contributed by atoms with Gasteiger partial charge in [0.1, 0.15) is 0 Å². The van der Waals surface area contributed by atoms with Gasteiger partial charge in [-0.2, -0.15) is 0 Å². The van der Waals surface area contributed by atoms with E-state index in [0.29, 0.717) is 0 Å². The predicted octanol–water partition coefficient (Wildman–Crippen LogP) is 3.51. The first-order chi connectivity index (χ1) is 7.15. The third kappa shape index (κ3) is 3.52. The summed E-state index contributed by atoms with van der Waals surface area (Å²) in [6, 6.07) is 10.2. The number of hydrogen-bond acceptors (Lipinski definition) is 1. The molecular formula is C14H20O. The van der Waals surface area contributed by atoms with Crippen LogP contribution in [0.5, 0.6) is 0 Å². The van der Waals surface area contributed by atoms with E-state index in [4.69, 9.17) is 0 Å². The number of rotatable bonds is 4. The van der Waals surface area contributed by atoms with Gasteiger partial charge in [-0.15, -0.1) is 0 Å². The highest BCUT2D eigenvalue weighted by Crippen LogP contribution is 2.24. The van der Waals surface area contributed by atoms with E-state index in [0.717, 1.165) is 12.0 Å². The van der Waals surface area contributed by atoms with E-state index in [-0.39, 0.29) is 12.0 Å². The van der Waals surface area contributed by atoms with Gasteiger partial charge in [-0.1, -0.05) is 48.9 Å². The van der Waals surface area contributed by atoms with Crippen molar-refractivity contribution >= 4 is 0 Å². The Morgan fingerprint density at radius 3 is 2.33 bits per heavy atom. The average molecular weight is 204 g/mol. The molecule has 1 nitrogen and oxygen atoms in total. The second-order valence-corrected chi connectivity index (χ2v) is 4.16. The van der Waals surface area contributed by atoms with Crippen LogP contribution in [0.25, 0.3) is 0 Å². The minimum Gasteiger partial charge on any atom is -0.388 e. The molecule has 15 heavy (non-hydrogen) atoms. The number of aliphatic hydroxyl groups excluding tert-OH is 1. The summed E-state index contributed by atoms with van der Waals surface area (Å²) in [5.41, 5.74) is 2.38. The molecule has 1 aromatic carbocycles. The van der Waals surface area contributed by atoms with Gasteiger partial charge in [0.05, 0.1) is 6.10 Å². The Hall–Kier alpha value is -1.08. The quantitative estimate of drug-likeness (QED) is 0.744. The summed E-state index contributed by atoms with van der Waals surface area (Å²) in [4.78, 5) is 0. The summed E-state index contributed by atoms with van der Waals surface area (Å²) >= 11 is 0.